The Bertz CT molecular complexity index is 910. The zero-order valence-corrected chi connectivity index (χ0v) is 14.8. The summed E-state index contributed by atoms with van der Waals surface area (Å²) in [4.78, 5) is 0.0590. The van der Waals surface area contributed by atoms with E-state index in [1.807, 2.05) is 0 Å². The predicted octanol–water partition coefficient (Wildman–Crippen LogP) is 2.54. The molecule has 0 bridgehead atoms. The predicted molar refractivity (Wildman–Crippen MR) is 91.9 cm³/mol. The van der Waals surface area contributed by atoms with Crippen molar-refractivity contribution < 1.29 is 16.8 Å². The number of rotatable bonds is 5. The third kappa shape index (κ3) is 4.37. The van der Waals surface area contributed by atoms with Crippen LogP contribution in [0, 0.1) is 0 Å². The SMILES string of the molecule is CN(c1cccc(NS(=O)(=O)c2ccc(Cl)cc2)c1)S(C)(=O)=O. The molecule has 0 aromatic heterocycles. The molecule has 2 rings (SSSR count). The van der Waals surface area contributed by atoms with Crippen molar-refractivity contribution in [3.05, 3.63) is 53.6 Å². The van der Waals surface area contributed by atoms with Gasteiger partial charge in [0.2, 0.25) is 10.0 Å². The van der Waals surface area contributed by atoms with E-state index in [0.717, 1.165) is 10.6 Å². The van der Waals surface area contributed by atoms with Crippen LogP contribution in [0.25, 0.3) is 0 Å². The lowest BCUT2D eigenvalue weighted by Crippen LogP contribution is -2.24. The summed E-state index contributed by atoms with van der Waals surface area (Å²) in [7, 11) is -5.83. The van der Waals surface area contributed by atoms with E-state index in [2.05, 4.69) is 4.72 Å². The minimum atomic E-state index is -3.78. The van der Waals surface area contributed by atoms with Crippen molar-refractivity contribution >= 4 is 43.0 Å². The second kappa shape index (κ2) is 6.38. The number of nitrogens with zero attached hydrogens (tertiary/aromatic N) is 1. The van der Waals surface area contributed by atoms with E-state index >= 15 is 0 Å². The number of sulfonamides is 2. The zero-order valence-electron chi connectivity index (χ0n) is 12.4. The first kappa shape index (κ1) is 17.6. The summed E-state index contributed by atoms with van der Waals surface area (Å²) in [6.07, 6.45) is 1.07. The summed E-state index contributed by atoms with van der Waals surface area (Å²) in [5.41, 5.74) is 0.608. The molecule has 0 fully saturated rings. The van der Waals surface area contributed by atoms with E-state index in [1.165, 1.54) is 43.4 Å². The second-order valence-corrected chi connectivity index (χ2v) is 8.97. The molecule has 6 nitrogen and oxygen atoms in total. The molecule has 2 aromatic carbocycles. The van der Waals surface area contributed by atoms with Crippen molar-refractivity contribution in [2.75, 3.05) is 22.3 Å². The van der Waals surface area contributed by atoms with Crippen LogP contribution < -0.4 is 9.03 Å². The number of benzene rings is 2. The monoisotopic (exact) mass is 374 g/mol. The van der Waals surface area contributed by atoms with Gasteiger partial charge in [0, 0.05) is 12.1 Å². The minimum Gasteiger partial charge on any atom is -0.280 e. The normalized spacial score (nSPS) is 12.0. The molecule has 2 aromatic rings. The number of anilines is 2. The number of halogens is 1. The van der Waals surface area contributed by atoms with E-state index in [9.17, 15) is 16.8 Å². The Morgan fingerprint density at radius 2 is 1.61 bits per heavy atom. The quantitative estimate of drug-likeness (QED) is 0.871. The number of hydrogen-bond acceptors (Lipinski definition) is 4. The average Bonchev–Trinajstić information content (AvgIpc) is 2.45. The van der Waals surface area contributed by atoms with E-state index in [4.69, 9.17) is 11.6 Å². The van der Waals surface area contributed by atoms with Gasteiger partial charge >= 0.3 is 0 Å². The third-order valence-electron chi connectivity index (χ3n) is 3.08. The molecule has 0 aliphatic rings. The zero-order chi connectivity index (χ0) is 17.3. The molecule has 0 radical (unpaired) electrons. The van der Waals surface area contributed by atoms with Crippen molar-refractivity contribution in [3.63, 3.8) is 0 Å². The first-order valence-corrected chi connectivity index (χ1v) is 10.1. The van der Waals surface area contributed by atoms with Gasteiger partial charge in [-0.15, -0.1) is 0 Å². The van der Waals surface area contributed by atoms with Crippen molar-refractivity contribution in [2.24, 2.45) is 0 Å². The summed E-state index contributed by atoms with van der Waals surface area (Å²) in [6.45, 7) is 0. The van der Waals surface area contributed by atoms with Crippen molar-refractivity contribution in [3.8, 4) is 0 Å². The summed E-state index contributed by atoms with van der Waals surface area (Å²) < 4.78 is 51.2. The fraction of sp³-hybridized carbons (Fsp3) is 0.143. The van der Waals surface area contributed by atoms with Gasteiger partial charge in [0.15, 0.2) is 0 Å². The van der Waals surface area contributed by atoms with Gasteiger partial charge in [-0.1, -0.05) is 17.7 Å². The molecule has 0 aliphatic carbocycles. The summed E-state index contributed by atoms with van der Waals surface area (Å²) in [5, 5.41) is 0.431. The Labute approximate surface area is 140 Å². The van der Waals surface area contributed by atoms with Crippen LogP contribution in [0.2, 0.25) is 5.02 Å². The van der Waals surface area contributed by atoms with Crippen LogP contribution in [0.15, 0.2) is 53.4 Å². The summed E-state index contributed by atoms with van der Waals surface area (Å²) in [5.74, 6) is 0. The van der Waals surface area contributed by atoms with Crippen molar-refractivity contribution in [1.29, 1.82) is 0 Å². The van der Waals surface area contributed by atoms with Crippen LogP contribution in [0.4, 0.5) is 11.4 Å². The highest BCUT2D eigenvalue weighted by Crippen LogP contribution is 2.23. The van der Waals surface area contributed by atoms with Gasteiger partial charge < -0.3 is 0 Å². The lowest BCUT2D eigenvalue weighted by molar-refractivity contribution is 0.599. The van der Waals surface area contributed by atoms with Gasteiger partial charge in [0.25, 0.3) is 10.0 Å². The van der Waals surface area contributed by atoms with E-state index in [-0.39, 0.29) is 10.6 Å². The van der Waals surface area contributed by atoms with Gasteiger partial charge in [-0.05, 0) is 42.5 Å². The van der Waals surface area contributed by atoms with Gasteiger partial charge in [0.1, 0.15) is 0 Å². The maximum absolute atomic E-state index is 12.3. The van der Waals surface area contributed by atoms with Gasteiger partial charge in [-0.2, -0.15) is 0 Å². The van der Waals surface area contributed by atoms with Crippen LogP contribution in [-0.4, -0.2) is 30.1 Å². The molecule has 0 amide bonds. The van der Waals surface area contributed by atoms with Crippen LogP contribution in [-0.2, 0) is 20.0 Å². The molecule has 0 saturated heterocycles. The Kier molecular flexibility index (Phi) is 4.88. The maximum Gasteiger partial charge on any atom is 0.261 e. The van der Waals surface area contributed by atoms with Crippen LogP contribution >= 0.6 is 11.6 Å². The number of hydrogen-bond donors (Lipinski definition) is 1. The Hall–Kier alpha value is -1.77. The van der Waals surface area contributed by atoms with Crippen LogP contribution in [0.1, 0.15) is 0 Å². The smallest absolute Gasteiger partial charge is 0.261 e. The van der Waals surface area contributed by atoms with Crippen molar-refractivity contribution in [2.45, 2.75) is 4.90 Å². The molecular formula is C14H15ClN2O4S2. The van der Waals surface area contributed by atoms with Crippen LogP contribution in [0.3, 0.4) is 0 Å². The topological polar surface area (TPSA) is 83.6 Å². The molecule has 0 saturated carbocycles. The maximum atomic E-state index is 12.3. The summed E-state index contributed by atoms with van der Waals surface area (Å²) in [6, 6.07) is 11.8. The Balaban J connectivity index is 2.32. The first-order chi connectivity index (χ1) is 10.6. The molecule has 124 valence electrons. The highest BCUT2D eigenvalue weighted by molar-refractivity contribution is 7.92. The molecule has 9 heteroatoms. The Morgan fingerprint density at radius 1 is 1.00 bits per heavy atom. The van der Waals surface area contributed by atoms with E-state index < -0.39 is 20.0 Å². The Morgan fingerprint density at radius 3 is 2.17 bits per heavy atom. The minimum absolute atomic E-state index is 0.0590. The molecule has 0 spiro atoms. The standard InChI is InChI=1S/C14H15ClN2O4S2/c1-17(22(2,18)19)13-5-3-4-12(10-13)16-23(20,21)14-8-6-11(15)7-9-14/h3-10,16H,1-2H3. The lowest BCUT2D eigenvalue weighted by Gasteiger charge is -2.17. The molecule has 0 atom stereocenters. The molecule has 0 heterocycles. The van der Waals surface area contributed by atoms with E-state index in [0.29, 0.717) is 10.7 Å². The molecule has 1 N–H and O–H groups in total. The van der Waals surface area contributed by atoms with Crippen molar-refractivity contribution in [1.82, 2.24) is 0 Å². The van der Waals surface area contributed by atoms with Gasteiger partial charge in [-0.25, -0.2) is 16.8 Å². The average molecular weight is 375 g/mol. The number of nitrogens with one attached hydrogen (secondary N) is 1. The first-order valence-electron chi connectivity index (χ1n) is 6.42. The van der Waals surface area contributed by atoms with Crippen LogP contribution in [0.5, 0.6) is 0 Å². The summed E-state index contributed by atoms with van der Waals surface area (Å²) >= 11 is 5.74. The highest BCUT2D eigenvalue weighted by Gasteiger charge is 2.16. The fourth-order valence-corrected chi connectivity index (χ4v) is 3.46. The van der Waals surface area contributed by atoms with Gasteiger partial charge in [0.05, 0.1) is 22.5 Å². The lowest BCUT2D eigenvalue weighted by atomic mass is 10.3. The largest absolute Gasteiger partial charge is 0.280 e. The second-order valence-electron chi connectivity index (χ2n) is 4.84. The molecule has 0 unspecified atom stereocenters. The van der Waals surface area contributed by atoms with E-state index in [1.54, 1.807) is 12.1 Å². The third-order valence-corrected chi connectivity index (χ3v) is 5.94. The molecule has 0 aliphatic heterocycles. The fourth-order valence-electron chi connectivity index (χ4n) is 1.78. The molecule has 23 heavy (non-hydrogen) atoms. The van der Waals surface area contributed by atoms with Gasteiger partial charge in [-0.3, -0.25) is 9.03 Å². The molecular weight excluding hydrogens is 360 g/mol. The highest BCUT2D eigenvalue weighted by atomic mass is 35.5.